The molecule has 1 aromatic rings. The summed E-state index contributed by atoms with van der Waals surface area (Å²) in [6, 6.07) is 9.69. The molecule has 0 spiro atoms. The Kier molecular flexibility index (Phi) is 5.66. The Morgan fingerprint density at radius 2 is 2.00 bits per heavy atom. The van der Waals surface area contributed by atoms with Crippen LogP contribution in [-0.4, -0.2) is 12.6 Å². The van der Waals surface area contributed by atoms with Crippen LogP contribution in [0.2, 0.25) is 0 Å². The van der Waals surface area contributed by atoms with Crippen molar-refractivity contribution in [3.8, 4) is 6.07 Å². The SMILES string of the molecule is CCCc1ccc(C=C(C#N)C(=O)OCC)cc1. The topological polar surface area (TPSA) is 50.1 Å². The molecule has 3 heteroatoms. The van der Waals surface area contributed by atoms with Crippen LogP contribution in [0.3, 0.4) is 0 Å². The number of benzene rings is 1. The fraction of sp³-hybridized carbons (Fsp3) is 0.333. The van der Waals surface area contributed by atoms with E-state index < -0.39 is 5.97 Å². The maximum atomic E-state index is 11.4. The third kappa shape index (κ3) is 4.06. The number of carbonyl (C=O) groups excluding carboxylic acids is 1. The lowest BCUT2D eigenvalue weighted by molar-refractivity contribution is -0.137. The van der Waals surface area contributed by atoms with E-state index in [0.717, 1.165) is 18.4 Å². The second kappa shape index (κ2) is 7.29. The lowest BCUT2D eigenvalue weighted by atomic mass is 10.1. The lowest BCUT2D eigenvalue weighted by Gasteiger charge is -2.01. The Hall–Kier alpha value is -2.08. The first kappa shape index (κ1) is 14.0. The number of ether oxygens (including phenoxy) is 1. The Morgan fingerprint density at radius 1 is 1.33 bits per heavy atom. The summed E-state index contributed by atoms with van der Waals surface area (Å²) >= 11 is 0. The van der Waals surface area contributed by atoms with Crippen LogP contribution >= 0.6 is 0 Å². The van der Waals surface area contributed by atoms with Crippen molar-refractivity contribution in [3.63, 3.8) is 0 Å². The first-order chi connectivity index (χ1) is 8.71. The number of hydrogen-bond acceptors (Lipinski definition) is 3. The van der Waals surface area contributed by atoms with E-state index in [4.69, 9.17) is 10.00 Å². The van der Waals surface area contributed by atoms with Gasteiger partial charge in [-0.05, 0) is 30.5 Å². The van der Waals surface area contributed by atoms with Gasteiger partial charge in [0.1, 0.15) is 11.6 Å². The van der Waals surface area contributed by atoms with Crippen molar-refractivity contribution in [2.75, 3.05) is 6.61 Å². The molecule has 0 atom stereocenters. The molecule has 3 nitrogen and oxygen atoms in total. The van der Waals surface area contributed by atoms with E-state index in [2.05, 4.69) is 6.92 Å². The van der Waals surface area contributed by atoms with Gasteiger partial charge in [-0.3, -0.25) is 0 Å². The molecule has 0 aliphatic rings. The van der Waals surface area contributed by atoms with Crippen LogP contribution in [0, 0.1) is 11.3 Å². The van der Waals surface area contributed by atoms with E-state index in [0.29, 0.717) is 0 Å². The summed E-state index contributed by atoms with van der Waals surface area (Å²) in [7, 11) is 0. The standard InChI is InChI=1S/C15H17NO2/c1-3-5-12-6-8-13(9-7-12)10-14(11-16)15(17)18-4-2/h6-10H,3-5H2,1-2H3. The Balaban J connectivity index is 2.86. The van der Waals surface area contributed by atoms with Crippen molar-refractivity contribution in [3.05, 3.63) is 41.0 Å². The average molecular weight is 243 g/mol. The molecule has 0 heterocycles. The van der Waals surface area contributed by atoms with E-state index >= 15 is 0 Å². The first-order valence-corrected chi connectivity index (χ1v) is 6.09. The van der Waals surface area contributed by atoms with E-state index in [1.807, 2.05) is 30.3 Å². The molecular weight excluding hydrogens is 226 g/mol. The van der Waals surface area contributed by atoms with E-state index in [1.54, 1.807) is 13.0 Å². The number of rotatable bonds is 5. The molecule has 1 aromatic carbocycles. The third-order valence-corrected chi connectivity index (χ3v) is 2.45. The number of hydrogen-bond donors (Lipinski definition) is 0. The molecule has 0 aromatic heterocycles. The van der Waals surface area contributed by atoms with Gasteiger partial charge in [0.2, 0.25) is 0 Å². The normalized spacial score (nSPS) is 10.8. The number of carbonyl (C=O) groups is 1. The van der Waals surface area contributed by atoms with Crippen LogP contribution in [0.1, 0.15) is 31.4 Å². The zero-order valence-corrected chi connectivity index (χ0v) is 10.8. The maximum Gasteiger partial charge on any atom is 0.348 e. The van der Waals surface area contributed by atoms with Crippen LogP contribution in [-0.2, 0) is 16.0 Å². The minimum Gasteiger partial charge on any atom is -0.462 e. The highest BCUT2D eigenvalue weighted by Crippen LogP contribution is 2.11. The van der Waals surface area contributed by atoms with Gasteiger partial charge >= 0.3 is 5.97 Å². The van der Waals surface area contributed by atoms with E-state index in [9.17, 15) is 4.79 Å². The van der Waals surface area contributed by atoms with Gasteiger partial charge in [-0.1, -0.05) is 37.6 Å². The molecule has 1 rings (SSSR count). The largest absolute Gasteiger partial charge is 0.462 e. The average Bonchev–Trinajstić information content (AvgIpc) is 2.38. The van der Waals surface area contributed by atoms with Crippen molar-refractivity contribution in [2.45, 2.75) is 26.7 Å². The van der Waals surface area contributed by atoms with E-state index in [1.165, 1.54) is 5.56 Å². The molecule has 0 aliphatic heterocycles. The lowest BCUT2D eigenvalue weighted by Crippen LogP contribution is -2.05. The fourth-order valence-corrected chi connectivity index (χ4v) is 1.58. The highest BCUT2D eigenvalue weighted by Gasteiger charge is 2.09. The van der Waals surface area contributed by atoms with Gasteiger partial charge in [-0.2, -0.15) is 5.26 Å². The molecule has 0 aliphatic carbocycles. The number of nitriles is 1. The summed E-state index contributed by atoms with van der Waals surface area (Å²) in [6.07, 6.45) is 3.68. The molecule has 0 bridgehead atoms. The molecule has 0 saturated heterocycles. The fourth-order valence-electron chi connectivity index (χ4n) is 1.58. The third-order valence-electron chi connectivity index (χ3n) is 2.45. The smallest absolute Gasteiger partial charge is 0.348 e. The summed E-state index contributed by atoms with van der Waals surface area (Å²) in [4.78, 5) is 11.4. The van der Waals surface area contributed by atoms with Gasteiger partial charge in [0.25, 0.3) is 0 Å². The molecule has 0 N–H and O–H groups in total. The highest BCUT2D eigenvalue weighted by molar-refractivity contribution is 5.97. The molecule has 0 unspecified atom stereocenters. The molecule has 0 amide bonds. The highest BCUT2D eigenvalue weighted by atomic mass is 16.5. The van der Waals surface area contributed by atoms with Crippen molar-refractivity contribution in [2.24, 2.45) is 0 Å². The predicted molar refractivity (Wildman–Crippen MR) is 70.7 cm³/mol. The second-order valence-electron chi connectivity index (χ2n) is 3.88. The van der Waals surface area contributed by atoms with Gasteiger partial charge in [0.15, 0.2) is 0 Å². The van der Waals surface area contributed by atoms with Crippen LogP contribution < -0.4 is 0 Å². The molecule has 0 saturated carbocycles. The first-order valence-electron chi connectivity index (χ1n) is 6.09. The van der Waals surface area contributed by atoms with Gasteiger partial charge < -0.3 is 4.74 Å². The number of esters is 1. The second-order valence-corrected chi connectivity index (χ2v) is 3.88. The van der Waals surface area contributed by atoms with Gasteiger partial charge in [0.05, 0.1) is 6.61 Å². The predicted octanol–water partition coefficient (Wildman–Crippen LogP) is 3.11. The Morgan fingerprint density at radius 3 is 2.50 bits per heavy atom. The minimum absolute atomic E-state index is 0.0279. The van der Waals surface area contributed by atoms with Crippen molar-refractivity contribution in [1.29, 1.82) is 5.26 Å². The van der Waals surface area contributed by atoms with E-state index in [-0.39, 0.29) is 12.2 Å². The molecule has 0 fully saturated rings. The zero-order chi connectivity index (χ0) is 13.4. The molecular formula is C15H17NO2. The molecule has 18 heavy (non-hydrogen) atoms. The number of aryl methyl sites for hydroxylation is 1. The van der Waals surface area contributed by atoms with Gasteiger partial charge in [-0.25, -0.2) is 4.79 Å². The molecule has 0 radical (unpaired) electrons. The monoisotopic (exact) mass is 243 g/mol. The Labute approximate surface area is 108 Å². The summed E-state index contributed by atoms with van der Waals surface area (Å²) in [5.41, 5.74) is 2.11. The summed E-state index contributed by atoms with van der Waals surface area (Å²) in [6.45, 7) is 4.11. The van der Waals surface area contributed by atoms with Gasteiger partial charge in [0, 0.05) is 0 Å². The van der Waals surface area contributed by atoms with Crippen LogP contribution in [0.25, 0.3) is 6.08 Å². The Bertz CT molecular complexity index is 466. The summed E-state index contributed by atoms with van der Waals surface area (Å²) in [5, 5.41) is 8.90. The van der Waals surface area contributed by atoms with Crippen LogP contribution in [0.5, 0.6) is 0 Å². The maximum absolute atomic E-state index is 11.4. The quantitative estimate of drug-likeness (QED) is 0.453. The van der Waals surface area contributed by atoms with Crippen molar-refractivity contribution in [1.82, 2.24) is 0 Å². The van der Waals surface area contributed by atoms with Crippen LogP contribution in [0.15, 0.2) is 29.8 Å². The molecule has 94 valence electrons. The van der Waals surface area contributed by atoms with Crippen molar-refractivity contribution >= 4 is 12.0 Å². The number of nitrogens with zero attached hydrogens (tertiary/aromatic N) is 1. The van der Waals surface area contributed by atoms with Crippen molar-refractivity contribution < 1.29 is 9.53 Å². The van der Waals surface area contributed by atoms with Gasteiger partial charge in [-0.15, -0.1) is 0 Å². The van der Waals surface area contributed by atoms with Crippen LogP contribution in [0.4, 0.5) is 0 Å². The summed E-state index contributed by atoms with van der Waals surface area (Å²) < 4.78 is 4.80. The minimum atomic E-state index is -0.572. The zero-order valence-electron chi connectivity index (χ0n) is 10.8. The summed E-state index contributed by atoms with van der Waals surface area (Å²) in [5.74, 6) is -0.572.